The lowest BCUT2D eigenvalue weighted by Crippen LogP contribution is -2.39. The van der Waals surface area contributed by atoms with E-state index >= 15 is 0 Å². The second-order valence-corrected chi connectivity index (χ2v) is 5.12. The molecular weight excluding hydrogens is 250 g/mol. The van der Waals surface area contributed by atoms with Gasteiger partial charge in [-0.1, -0.05) is 19.1 Å². The van der Waals surface area contributed by atoms with E-state index in [2.05, 4.69) is 48.4 Å². The third-order valence-corrected chi connectivity index (χ3v) is 3.43. The summed E-state index contributed by atoms with van der Waals surface area (Å²) in [6.07, 6.45) is 0.979. The number of hydrogen-bond acceptors (Lipinski definition) is 1. The van der Waals surface area contributed by atoms with E-state index in [-0.39, 0.29) is 6.03 Å². The van der Waals surface area contributed by atoms with E-state index < -0.39 is 0 Å². The van der Waals surface area contributed by atoms with Crippen LogP contribution < -0.4 is 5.32 Å². The highest BCUT2D eigenvalue weighted by Gasteiger charge is 2.10. The summed E-state index contributed by atoms with van der Waals surface area (Å²) in [5, 5.41) is 4.15. The molecule has 0 saturated heterocycles. The van der Waals surface area contributed by atoms with Gasteiger partial charge in [0.15, 0.2) is 0 Å². The molecule has 2 aromatic rings. The molecule has 2 N–H and O–H groups in total. The number of aromatic amines is 1. The molecule has 2 rings (SSSR count). The number of fused-ring (bicyclic) bond motifs is 1. The van der Waals surface area contributed by atoms with Gasteiger partial charge in [-0.3, -0.25) is 0 Å². The molecule has 0 radical (unpaired) electrons. The van der Waals surface area contributed by atoms with Gasteiger partial charge in [-0.2, -0.15) is 0 Å². The summed E-state index contributed by atoms with van der Waals surface area (Å²) in [4.78, 5) is 17.2. The first-order valence-electron chi connectivity index (χ1n) is 7.25. The van der Waals surface area contributed by atoms with Gasteiger partial charge in [0.1, 0.15) is 0 Å². The van der Waals surface area contributed by atoms with Gasteiger partial charge in [0, 0.05) is 24.3 Å². The van der Waals surface area contributed by atoms with Crippen LogP contribution >= 0.6 is 0 Å². The average molecular weight is 273 g/mol. The number of aromatic nitrogens is 1. The highest BCUT2D eigenvalue weighted by molar-refractivity contribution is 5.81. The Morgan fingerprint density at radius 2 is 2.10 bits per heavy atom. The van der Waals surface area contributed by atoms with Gasteiger partial charge in [0.2, 0.25) is 0 Å². The van der Waals surface area contributed by atoms with Crippen LogP contribution in [0.15, 0.2) is 24.3 Å². The second kappa shape index (κ2) is 6.46. The van der Waals surface area contributed by atoms with Crippen molar-refractivity contribution in [1.82, 2.24) is 15.2 Å². The largest absolute Gasteiger partial charge is 0.357 e. The predicted octanol–water partition coefficient (Wildman–Crippen LogP) is 3.42. The number of aryl methyl sites for hydroxylation is 1. The van der Waals surface area contributed by atoms with Crippen molar-refractivity contribution in [3.8, 4) is 0 Å². The summed E-state index contributed by atoms with van der Waals surface area (Å²) in [7, 11) is 0. The Morgan fingerprint density at radius 3 is 2.80 bits per heavy atom. The fourth-order valence-electron chi connectivity index (χ4n) is 2.35. The van der Waals surface area contributed by atoms with E-state index in [9.17, 15) is 4.79 Å². The van der Waals surface area contributed by atoms with Crippen molar-refractivity contribution in [3.63, 3.8) is 0 Å². The summed E-state index contributed by atoms with van der Waals surface area (Å²) in [5.74, 6) is 0. The minimum absolute atomic E-state index is 0.00388. The van der Waals surface area contributed by atoms with Gasteiger partial charge in [-0.15, -0.1) is 0 Å². The summed E-state index contributed by atoms with van der Waals surface area (Å²) in [6.45, 7) is 8.23. The fraction of sp³-hybridized carbons (Fsp3) is 0.438. The van der Waals surface area contributed by atoms with Crippen LogP contribution in [0, 0.1) is 6.92 Å². The lowest BCUT2D eigenvalue weighted by Gasteiger charge is -2.20. The van der Waals surface area contributed by atoms with Gasteiger partial charge in [-0.25, -0.2) is 4.79 Å². The predicted molar refractivity (Wildman–Crippen MR) is 82.8 cm³/mol. The topological polar surface area (TPSA) is 48.1 Å². The summed E-state index contributed by atoms with van der Waals surface area (Å²) in [5.41, 5.74) is 3.39. The van der Waals surface area contributed by atoms with Crippen LogP contribution in [0.3, 0.4) is 0 Å². The number of nitrogens with one attached hydrogen (secondary N) is 2. The summed E-state index contributed by atoms with van der Waals surface area (Å²) < 4.78 is 0. The molecule has 0 aliphatic heterocycles. The molecule has 0 aliphatic rings. The third-order valence-electron chi connectivity index (χ3n) is 3.43. The van der Waals surface area contributed by atoms with Crippen LogP contribution in [0.25, 0.3) is 10.9 Å². The summed E-state index contributed by atoms with van der Waals surface area (Å²) >= 11 is 0. The molecule has 1 heterocycles. The Labute approximate surface area is 120 Å². The molecule has 0 unspecified atom stereocenters. The molecule has 20 heavy (non-hydrogen) atoms. The molecule has 1 aromatic heterocycles. The van der Waals surface area contributed by atoms with Gasteiger partial charge >= 0.3 is 6.03 Å². The molecular formula is C16H23N3O. The van der Waals surface area contributed by atoms with Crippen molar-refractivity contribution < 1.29 is 4.79 Å². The van der Waals surface area contributed by atoms with Crippen molar-refractivity contribution in [2.24, 2.45) is 0 Å². The number of H-pyrrole nitrogens is 1. The van der Waals surface area contributed by atoms with E-state index in [0.717, 1.165) is 30.7 Å². The minimum Gasteiger partial charge on any atom is -0.357 e. The van der Waals surface area contributed by atoms with Crippen LogP contribution in [0.1, 0.15) is 31.5 Å². The molecule has 2 amide bonds. The Kier molecular flexibility index (Phi) is 4.66. The quantitative estimate of drug-likeness (QED) is 0.861. The molecule has 4 nitrogen and oxygen atoms in total. The van der Waals surface area contributed by atoms with E-state index in [1.54, 1.807) is 0 Å². The average Bonchev–Trinajstić information content (AvgIpc) is 2.84. The van der Waals surface area contributed by atoms with Crippen molar-refractivity contribution >= 4 is 16.9 Å². The fourth-order valence-corrected chi connectivity index (χ4v) is 2.35. The van der Waals surface area contributed by atoms with Gasteiger partial charge in [0.25, 0.3) is 0 Å². The molecule has 0 spiro atoms. The number of urea groups is 1. The van der Waals surface area contributed by atoms with E-state index in [1.807, 2.05) is 11.8 Å². The Hall–Kier alpha value is -1.97. The molecule has 4 heteroatoms. The maximum atomic E-state index is 12.0. The van der Waals surface area contributed by atoms with Crippen molar-refractivity contribution in [2.45, 2.75) is 33.7 Å². The lowest BCUT2D eigenvalue weighted by atomic mass is 10.2. The van der Waals surface area contributed by atoms with E-state index in [4.69, 9.17) is 0 Å². The smallest absolute Gasteiger partial charge is 0.317 e. The molecule has 0 bridgehead atoms. The number of amides is 2. The maximum Gasteiger partial charge on any atom is 0.317 e. The Morgan fingerprint density at radius 1 is 1.30 bits per heavy atom. The molecule has 1 aromatic carbocycles. The van der Waals surface area contributed by atoms with Crippen molar-refractivity contribution in [3.05, 3.63) is 35.5 Å². The Balaban J connectivity index is 2.00. The molecule has 0 saturated carbocycles. The molecule has 108 valence electrons. The maximum absolute atomic E-state index is 12.0. The first-order valence-corrected chi connectivity index (χ1v) is 7.25. The number of hydrogen-bond donors (Lipinski definition) is 2. The molecule has 0 atom stereocenters. The number of carbonyl (C=O) groups is 1. The number of rotatable bonds is 5. The summed E-state index contributed by atoms with van der Waals surface area (Å²) in [6, 6.07) is 8.41. The first-order chi connectivity index (χ1) is 9.63. The van der Waals surface area contributed by atoms with E-state index in [0.29, 0.717) is 6.54 Å². The van der Waals surface area contributed by atoms with Gasteiger partial charge in [0.05, 0.1) is 6.54 Å². The Bertz CT molecular complexity index is 588. The third kappa shape index (κ3) is 3.32. The van der Waals surface area contributed by atoms with E-state index in [1.165, 1.54) is 10.9 Å². The van der Waals surface area contributed by atoms with Crippen molar-refractivity contribution in [2.75, 3.05) is 13.1 Å². The van der Waals surface area contributed by atoms with Crippen LogP contribution in [0.2, 0.25) is 0 Å². The molecule has 0 aliphatic carbocycles. The zero-order valence-corrected chi connectivity index (χ0v) is 12.5. The van der Waals surface area contributed by atoms with Crippen LogP contribution in [-0.2, 0) is 6.54 Å². The number of benzene rings is 1. The normalized spacial score (nSPS) is 10.8. The number of carbonyl (C=O) groups excluding carboxylic acids is 1. The zero-order valence-electron chi connectivity index (χ0n) is 12.5. The minimum atomic E-state index is 0.00388. The van der Waals surface area contributed by atoms with Crippen molar-refractivity contribution in [1.29, 1.82) is 0 Å². The van der Waals surface area contributed by atoms with Crippen LogP contribution in [-0.4, -0.2) is 29.0 Å². The standard InChI is InChI=1S/C16H23N3O/c1-4-8-19(5-2)16(20)17-11-14-10-13-7-6-12(3)9-15(13)18-14/h6-7,9-10,18H,4-5,8,11H2,1-3H3,(H,17,20). The lowest BCUT2D eigenvalue weighted by molar-refractivity contribution is 0.200. The van der Waals surface area contributed by atoms with Crippen LogP contribution in [0.4, 0.5) is 4.79 Å². The monoisotopic (exact) mass is 273 g/mol. The van der Waals surface area contributed by atoms with Gasteiger partial charge in [-0.05, 0) is 43.4 Å². The zero-order chi connectivity index (χ0) is 14.5. The van der Waals surface area contributed by atoms with Crippen LogP contribution in [0.5, 0.6) is 0 Å². The first kappa shape index (κ1) is 14.4. The van der Waals surface area contributed by atoms with Gasteiger partial charge < -0.3 is 15.2 Å². The number of nitrogens with zero attached hydrogens (tertiary/aromatic N) is 1. The highest BCUT2D eigenvalue weighted by Crippen LogP contribution is 2.16. The second-order valence-electron chi connectivity index (χ2n) is 5.12. The highest BCUT2D eigenvalue weighted by atomic mass is 16.2. The SMILES string of the molecule is CCCN(CC)C(=O)NCc1cc2ccc(C)cc2[nH]1. The molecule has 0 fully saturated rings.